The second-order valence-electron chi connectivity index (χ2n) is 4.00. The second kappa shape index (κ2) is 5.82. The molecule has 0 aliphatic heterocycles. The topological polar surface area (TPSA) is 41.5 Å². The lowest BCUT2D eigenvalue weighted by molar-refractivity contribution is 0.0116. The molecule has 0 saturated heterocycles. The highest BCUT2D eigenvalue weighted by Crippen LogP contribution is 2.16. The van der Waals surface area contributed by atoms with Crippen LogP contribution in [0.2, 0.25) is 0 Å². The first-order chi connectivity index (χ1) is 7.55. The Kier molecular flexibility index (Phi) is 4.71. The van der Waals surface area contributed by atoms with Crippen LogP contribution in [0.3, 0.4) is 0 Å². The summed E-state index contributed by atoms with van der Waals surface area (Å²) in [5.41, 5.74) is -1.00. The summed E-state index contributed by atoms with van der Waals surface area (Å²) in [4.78, 5) is 0. The third-order valence-electron chi connectivity index (χ3n) is 2.13. The number of hydrogen-bond acceptors (Lipinski definition) is 3. The predicted octanol–water partition coefficient (Wildman–Crippen LogP) is 1.56. The Balaban J connectivity index is 2.47. The van der Waals surface area contributed by atoms with Crippen molar-refractivity contribution in [3.8, 4) is 5.75 Å². The van der Waals surface area contributed by atoms with Crippen molar-refractivity contribution in [2.24, 2.45) is 0 Å². The van der Waals surface area contributed by atoms with Crippen molar-refractivity contribution in [3.63, 3.8) is 0 Å². The molecule has 0 spiro atoms. The summed E-state index contributed by atoms with van der Waals surface area (Å²) in [6.07, 6.45) is 0. The fourth-order valence-electron chi connectivity index (χ4n) is 1.24. The van der Waals surface area contributed by atoms with Gasteiger partial charge in [0, 0.05) is 6.54 Å². The third-order valence-corrected chi connectivity index (χ3v) is 2.13. The normalized spacial score (nSPS) is 14.5. The number of nitrogens with one attached hydrogen (secondary N) is 1. The van der Waals surface area contributed by atoms with Gasteiger partial charge in [-0.05, 0) is 25.6 Å². The molecule has 0 aliphatic carbocycles. The number of ether oxygens (including phenoxy) is 1. The zero-order valence-electron chi connectivity index (χ0n) is 9.66. The Hall–Kier alpha value is -1.13. The average molecular weight is 227 g/mol. The van der Waals surface area contributed by atoms with Crippen molar-refractivity contribution in [1.82, 2.24) is 5.32 Å². The van der Waals surface area contributed by atoms with Crippen molar-refractivity contribution in [3.05, 3.63) is 30.1 Å². The largest absolute Gasteiger partial charge is 0.487 e. The van der Waals surface area contributed by atoms with Crippen molar-refractivity contribution < 1.29 is 14.2 Å². The number of rotatable bonds is 6. The minimum Gasteiger partial charge on any atom is -0.487 e. The van der Waals surface area contributed by atoms with E-state index >= 15 is 0 Å². The number of aliphatic hydroxyl groups is 1. The van der Waals surface area contributed by atoms with Gasteiger partial charge in [0.05, 0.1) is 0 Å². The number of hydrogen-bond donors (Lipinski definition) is 2. The molecule has 0 aliphatic rings. The summed E-state index contributed by atoms with van der Waals surface area (Å²) >= 11 is 0. The highest BCUT2D eigenvalue weighted by atomic mass is 19.1. The Morgan fingerprint density at radius 2 is 2.12 bits per heavy atom. The summed E-state index contributed by atoms with van der Waals surface area (Å²) in [7, 11) is 0. The van der Waals surface area contributed by atoms with Gasteiger partial charge in [-0.3, -0.25) is 0 Å². The van der Waals surface area contributed by atoms with Crippen LogP contribution >= 0.6 is 0 Å². The van der Waals surface area contributed by atoms with Gasteiger partial charge in [-0.25, -0.2) is 4.39 Å². The van der Waals surface area contributed by atoms with E-state index in [9.17, 15) is 9.50 Å². The van der Waals surface area contributed by atoms with Crippen molar-refractivity contribution in [2.75, 3.05) is 19.7 Å². The number of likely N-dealkylation sites (N-methyl/N-ethyl adjacent to an activating group) is 1. The number of halogens is 1. The van der Waals surface area contributed by atoms with Crippen LogP contribution < -0.4 is 10.1 Å². The van der Waals surface area contributed by atoms with Crippen LogP contribution in [-0.2, 0) is 0 Å². The summed E-state index contributed by atoms with van der Waals surface area (Å²) in [6.45, 7) is 4.85. The van der Waals surface area contributed by atoms with Crippen LogP contribution in [0.15, 0.2) is 24.3 Å². The predicted molar refractivity (Wildman–Crippen MR) is 61.1 cm³/mol. The van der Waals surface area contributed by atoms with E-state index in [-0.39, 0.29) is 12.4 Å². The Morgan fingerprint density at radius 1 is 1.44 bits per heavy atom. The molecule has 0 amide bonds. The molecule has 0 saturated carbocycles. The molecule has 0 fully saturated rings. The van der Waals surface area contributed by atoms with E-state index in [1.54, 1.807) is 25.1 Å². The molecule has 3 nitrogen and oxygen atoms in total. The zero-order chi connectivity index (χ0) is 12.0. The van der Waals surface area contributed by atoms with Gasteiger partial charge in [0.15, 0.2) is 11.6 Å². The summed E-state index contributed by atoms with van der Waals surface area (Å²) in [5, 5.41) is 12.9. The smallest absolute Gasteiger partial charge is 0.165 e. The molecule has 2 N–H and O–H groups in total. The van der Waals surface area contributed by atoms with Gasteiger partial charge in [0.2, 0.25) is 0 Å². The standard InChI is InChI=1S/C12H18FNO2/c1-3-14-8-12(2,15)9-16-11-7-5-4-6-10(11)13/h4-7,14-15H,3,8-9H2,1-2H3. The first kappa shape index (κ1) is 12.9. The van der Waals surface area contributed by atoms with Crippen molar-refractivity contribution in [2.45, 2.75) is 19.4 Å². The zero-order valence-corrected chi connectivity index (χ0v) is 9.66. The quantitative estimate of drug-likeness (QED) is 0.775. The van der Waals surface area contributed by atoms with E-state index in [0.29, 0.717) is 6.54 Å². The first-order valence-corrected chi connectivity index (χ1v) is 5.35. The van der Waals surface area contributed by atoms with Gasteiger partial charge in [0.25, 0.3) is 0 Å². The first-order valence-electron chi connectivity index (χ1n) is 5.35. The molecular weight excluding hydrogens is 209 g/mol. The molecule has 1 aromatic rings. The van der Waals surface area contributed by atoms with Crippen LogP contribution in [0, 0.1) is 5.82 Å². The Labute approximate surface area is 95.2 Å². The monoisotopic (exact) mass is 227 g/mol. The fraction of sp³-hybridized carbons (Fsp3) is 0.500. The number of para-hydroxylation sites is 1. The molecule has 0 heterocycles. The van der Waals surface area contributed by atoms with Gasteiger partial charge < -0.3 is 15.2 Å². The van der Waals surface area contributed by atoms with Crippen LogP contribution in [0.5, 0.6) is 5.75 Å². The minimum atomic E-state index is -1.00. The highest BCUT2D eigenvalue weighted by Gasteiger charge is 2.21. The van der Waals surface area contributed by atoms with Crippen LogP contribution in [0.1, 0.15) is 13.8 Å². The minimum absolute atomic E-state index is 0.0565. The molecule has 0 radical (unpaired) electrons. The van der Waals surface area contributed by atoms with E-state index in [1.165, 1.54) is 6.07 Å². The van der Waals surface area contributed by atoms with Gasteiger partial charge >= 0.3 is 0 Å². The SMILES string of the molecule is CCNCC(C)(O)COc1ccccc1F. The maximum atomic E-state index is 13.2. The average Bonchev–Trinajstić information content (AvgIpc) is 2.26. The fourth-order valence-corrected chi connectivity index (χ4v) is 1.24. The van der Waals surface area contributed by atoms with Crippen LogP contribution in [0.25, 0.3) is 0 Å². The molecule has 4 heteroatoms. The van der Waals surface area contributed by atoms with Crippen LogP contribution in [0.4, 0.5) is 4.39 Å². The molecular formula is C12H18FNO2. The van der Waals surface area contributed by atoms with E-state index in [2.05, 4.69) is 5.32 Å². The van der Waals surface area contributed by atoms with E-state index in [0.717, 1.165) is 6.54 Å². The maximum absolute atomic E-state index is 13.2. The lowest BCUT2D eigenvalue weighted by atomic mass is 10.1. The van der Waals surface area contributed by atoms with Crippen molar-refractivity contribution in [1.29, 1.82) is 0 Å². The van der Waals surface area contributed by atoms with Gasteiger partial charge in [-0.1, -0.05) is 19.1 Å². The molecule has 1 aromatic carbocycles. The molecule has 1 rings (SSSR count). The van der Waals surface area contributed by atoms with E-state index in [4.69, 9.17) is 4.74 Å². The van der Waals surface area contributed by atoms with Crippen molar-refractivity contribution >= 4 is 0 Å². The van der Waals surface area contributed by atoms with Gasteiger partial charge in [-0.15, -0.1) is 0 Å². The summed E-state index contributed by atoms with van der Waals surface area (Å²) in [6, 6.07) is 6.16. The van der Waals surface area contributed by atoms with E-state index in [1.807, 2.05) is 6.92 Å². The molecule has 0 bridgehead atoms. The van der Waals surface area contributed by atoms with E-state index < -0.39 is 11.4 Å². The summed E-state index contributed by atoms with van der Waals surface area (Å²) < 4.78 is 18.4. The maximum Gasteiger partial charge on any atom is 0.165 e. The molecule has 1 atom stereocenters. The van der Waals surface area contributed by atoms with Gasteiger partial charge in [0.1, 0.15) is 12.2 Å². The third kappa shape index (κ3) is 4.16. The lowest BCUT2D eigenvalue weighted by Gasteiger charge is -2.23. The lowest BCUT2D eigenvalue weighted by Crippen LogP contribution is -2.42. The Bertz CT molecular complexity index is 329. The molecule has 0 aromatic heterocycles. The highest BCUT2D eigenvalue weighted by molar-refractivity contribution is 5.23. The summed E-state index contributed by atoms with van der Waals surface area (Å²) in [5.74, 6) is -0.249. The van der Waals surface area contributed by atoms with Crippen LogP contribution in [-0.4, -0.2) is 30.4 Å². The van der Waals surface area contributed by atoms with Gasteiger partial charge in [-0.2, -0.15) is 0 Å². The second-order valence-corrected chi connectivity index (χ2v) is 4.00. The molecule has 1 unspecified atom stereocenters. The molecule has 16 heavy (non-hydrogen) atoms. The molecule has 90 valence electrons. The number of benzene rings is 1. The Morgan fingerprint density at radius 3 is 2.75 bits per heavy atom.